The second-order valence-electron chi connectivity index (χ2n) is 9.56. The number of nitrogens with zero attached hydrogens (tertiary/aromatic N) is 1. The number of nitrogens with one attached hydrogen (secondary N) is 2. The number of hydrogen-bond donors (Lipinski definition) is 2. The number of hydrogen-bond acceptors (Lipinski definition) is 4. The van der Waals surface area contributed by atoms with E-state index in [2.05, 4.69) is 39.9 Å². The number of carbonyl (C=O) groups excluding carboxylic acids is 2. The number of carbonyl (C=O) groups is 2. The Balaban J connectivity index is 1.27. The molecule has 1 aromatic carbocycles. The van der Waals surface area contributed by atoms with Gasteiger partial charge in [-0.1, -0.05) is 49.1 Å². The van der Waals surface area contributed by atoms with E-state index < -0.39 is 6.04 Å². The molecule has 2 N–H and O–H groups in total. The van der Waals surface area contributed by atoms with Gasteiger partial charge in [0.2, 0.25) is 5.91 Å². The summed E-state index contributed by atoms with van der Waals surface area (Å²) in [5.74, 6) is 0.530. The van der Waals surface area contributed by atoms with E-state index in [4.69, 9.17) is 4.42 Å². The molecule has 6 nitrogen and oxygen atoms in total. The molecule has 0 spiro atoms. The van der Waals surface area contributed by atoms with E-state index in [1.807, 2.05) is 24.4 Å². The van der Waals surface area contributed by atoms with Gasteiger partial charge in [0, 0.05) is 25.0 Å². The summed E-state index contributed by atoms with van der Waals surface area (Å²) in [6.07, 6.45) is 13.0. The SMILES string of the molecule is CNC(=O)[C@@H](NC(=O)c1ccc(-c2ccc3c(c2)CC(Cc2cccnc2)=C3)o1)C1CCCCC1. The van der Waals surface area contributed by atoms with Crippen molar-refractivity contribution in [3.8, 4) is 11.3 Å². The van der Waals surface area contributed by atoms with E-state index in [-0.39, 0.29) is 23.5 Å². The first-order valence-corrected chi connectivity index (χ1v) is 12.4. The number of allylic oxidation sites excluding steroid dienone is 1. The molecular weight excluding hydrogens is 438 g/mol. The molecule has 2 amide bonds. The van der Waals surface area contributed by atoms with Crippen molar-refractivity contribution in [2.45, 2.75) is 51.0 Å². The van der Waals surface area contributed by atoms with E-state index in [9.17, 15) is 9.59 Å². The number of likely N-dealkylation sites (N-methyl/N-ethyl adjacent to an activating group) is 1. The molecule has 3 aromatic rings. The van der Waals surface area contributed by atoms with E-state index >= 15 is 0 Å². The molecule has 1 atom stereocenters. The summed E-state index contributed by atoms with van der Waals surface area (Å²) in [4.78, 5) is 29.7. The van der Waals surface area contributed by atoms with Crippen molar-refractivity contribution in [2.24, 2.45) is 5.92 Å². The number of amides is 2. The van der Waals surface area contributed by atoms with Gasteiger partial charge in [0.25, 0.3) is 5.91 Å². The Bertz CT molecular complexity index is 1240. The van der Waals surface area contributed by atoms with Crippen molar-refractivity contribution in [1.29, 1.82) is 0 Å². The normalized spacial score (nSPS) is 16.3. The Morgan fingerprint density at radius 3 is 2.74 bits per heavy atom. The van der Waals surface area contributed by atoms with Crippen LogP contribution in [0.15, 0.2) is 64.8 Å². The first-order valence-electron chi connectivity index (χ1n) is 12.4. The third-order valence-electron chi connectivity index (χ3n) is 7.13. The summed E-state index contributed by atoms with van der Waals surface area (Å²) < 4.78 is 5.95. The minimum Gasteiger partial charge on any atom is -0.451 e. The highest BCUT2D eigenvalue weighted by Gasteiger charge is 2.31. The Hall–Kier alpha value is -3.67. The number of pyridine rings is 1. The van der Waals surface area contributed by atoms with E-state index in [0.29, 0.717) is 5.76 Å². The maximum atomic E-state index is 13.0. The predicted octanol–water partition coefficient (Wildman–Crippen LogP) is 4.95. The summed E-state index contributed by atoms with van der Waals surface area (Å²) >= 11 is 0. The fourth-order valence-electron chi connectivity index (χ4n) is 5.29. The highest BCUT2D eigenvalue weighted by atomic mass is 16.4. The Morgan fingerprint density at radius 2 is 1.97 bits per heavy atom. The lowest BCUT2D eigenvalue weighted by Crippen LogP contribution is -2.50. The zero-order valence-electron chi connectivity index (χ0n) is 20.0. The van der Waals surface area contributed by atoms with Gasteiger partial charge in [0.15, 0.2) is 5.76 Å². The molecule has 35 heavy (non-hydrogen) atoms. The van der Waals surface area contributed by atoms with Crippen molar-refractivity contribution >= 4 is 17.9 Å². The Labute approximate surface area is 205 Å². The summed E-state index contributed by atoms with van der Waals surface area (Å²) in [5.41, 5.74) is 5.97. The molecule has 0 bridgehead atoms. The monoisotopic (exact) mass is 469 g/mol. The second-order valence-corrected chi connectivity index (χ2v) is 9.56. The van der Waals surface area contributed by atoms with Crippen molar-refractivity contribution in [1.82, 2.24) is 15.6 Å². The molecule has 1 fully saturated rings. The molecule has 0 saturated heterocycles. The van der Waals surface area contributed by atoms with Gasteiger partial charge >= 0.3 is 0 Å². The third kappa shape index (κ3) is 5.21. The molecule has 2 aliphatic rings. The minimum absolute atomic E-state index is 0.148. The number of aromatic nitrogens is 1. The van der Waals surface area contributed by atoms with Crippen LogP contribution in [0.2, 0.25) is 0 Å². The second kappa shape index (κ2) is 10.3. The fraction of sp³-hybridized carbons (Fsp3) is 0.345. The van der Waals surface area contributed by atoms with E-state index in [1.54, 1.807) is 19.3 Å². The van der Waals surface area contributed by atoms with Crippen molar-refractivity contribution in [3.63, 3.8) is 0 Å². The van der Waals surface area contributed by atoms with Crippen LogP contribution in [-0.2, 0) is 17.6 Å². The lowest BCUT2D eigenvalue weighted by molar-refractivity contribution is -0.124. The lowest BCUT2D eigenvalue weighted by atomic mass is 9.83. The van der Waals surface area contributed by atoms with Crippen LogP contribution in [0.25, 0.3) is 17.4 Å². The predicted molar refractivity (Wildman–Crippen MR) is 136 cm³/mol. The van der Waals surface area contributed by atoms with Gasteiger partial charge in [0.05, 0.1) is 0 Å². The molecule has 0 radical (unpaired) electrons. The van der Waals surface area contributed by atoms with Crippen molar-refractivity contribution in [3.05, 3.63) is 82.9 Å². The van der Waals surface area contributed by atoms with Crippen LogP contribution in [0.4, 0.5) is 0 Å². The maximum Gasteiger partial charge on any atom is 0.287 e. The molecule has 5 rings (SSSR count). The largest absolute Gasteiger partial charge is 0.451 e. The third-order valence-corrected chi connectivity index (χ3v) is 7.13. The topological polar surface area (TPSA) is 84.2 Å². The van der Waals surface area contributed by atoms with Crippen molar-refractivity contribution < 1.29 is 14.0 Å². The van der Waals surface area contributed by atoms with Crippen LogP contribution in [0.5, 0.6) is 0 Å². The van der Waals surface area contributed by atoms with Crippen LogP contribution in [0.3, 0.4) is 0 Å². The number of furan rings is 1. The smallest absolute Gasteiger partial charge is 0.287 e. The van der Waals surface area contributed by atoms with Gasteiger partial charge in [-0.2, -0.15) is 0 Å². The first-order chi connectivity index (χ1) is 17.1. The number of rotatable bonds is 7. The first kappa shape index (κ1) is 23.1. The van der Waals surface area contributed by atoms with Crippen molar-refractivity contribution in [2.75, 3.05) is 7.05 Å². The highest BCUT2D eigenvalue weighted by Crippen LogP contribution is 2.32. The highest BCUT2D eigenvalue weighted by molar-refractivity contribution is 5.96. The van der Waals surface area contributed by atoms with E-state index in [1.165, 1.54) is 28.7 Å². The minimum atomic E-state index is -0.536. The molecule has 1 saturated carbocycles. The Morgan fingerprint density at radius 1 is 1.11 bits per heavy atom. The van der Waals surface area contributed by atoms with Gasteiger partial charge in [-0.3, -0.25) is 14.6 Å². The molecule has 180 valence electrons. The zero-order valence-corrected chi connectivity index (χ0v) is 20.0. The number of fused-ring (bicyclic) bond motifs is 1. The van der Waals surface area contributed by atoms with Crippen LogP contribution < -0.4 is 10.6 Å². The van der Waals surface area contributed by atoms with Crippen LogP contribution in [0, 0.1) is 5.92 Å². The Kier molecular flexibility index (Phi) is 6.80. The van der Waals surface area contributed by atoms with Crippen LogP contribution >= 0.6 is 0 Å². The van der Waals surface area contributed by atoms with Gasteiger partial charge < -0.3 is 15.1 Å². The zero-order chi connectivity index (χ0) is 24.2. The summed E-state index contributed by atoms with van der Waals surface area (Å²) in [7, 11) is 1.61. The van der Waals surface area contributed by atoms with Crippen LogP contribution in [0.1, 0.15) is 59.3 Å². The standard InChI is InChI=1S/C29H31N3O3/c1-30-29(34)27(21-7-3-2-4-8-21)32-28(33)26-12-11-25(35-26)23-10-9-22-15-20(16-24(22)17-23)14-19-6-5-13-31-18-19/h5-6,9-13,15,17-18,21,27H,2-4,7-8,14,16H2,1H3,(H,30,34)(H,32,33)/t27-/m0/s1. The molecule has 0 unspecified atom stereocenters. The van der Waals surface area contributed by atoms with Gasteiger partial charge in [-0.15, -0.1) is 0 Å². The number of benzene rings is 1. The molecule has 2 aromatic heterocycles. The average molecular weight is 470 g/mol. The van der Waals surface area contributed by atoms with Gasteiger partial charge in [0.1, 0.15) is 11.8 Å². The molecule has 6 heteroatoms. The fourth-order valence-corrected chi connectivity index (χ4v) is 5.29. The average Bonchev–Trinajstić information content (AvgIpc) is 3.54. The maximum absolute atomic E-state index is 13.0. The molecular formula is C29H31N3O3. The quantitative estimate of drug-likeness (QED) is 0.513. The molecule has 0 aliphatic heterocycles. The van der Waals surface area contributed by atoms with Gasteiger partial charge in [-0.05, 0) is 72.6 Å². The lowest BCUT2D eigenvalue weighted by Gasteiger charge is -2.29. The van der Waals surface area contributed by atoms with Gasteiger partial charge in [-0.25, -0.2) is 0 Å². The summed E-state index contributed by atoms with van der Waals surface area (Å²) in [6, 6.07) is 13.3. The summed E-state index contributed by atoms with van der Waals surface area (Å²) in [6.45, 7) is 0. The molecule has 2 aliphatic carbocycles. The summed E-state index contributed by atoms with van der Waals surface area (Å²) in [5, 5.41) is 5.63. The van der Waals surface area contributed by atoms with E-state index in [0.717, 1.165) is 44.1 Å². The molecule has 2 heterocycles. The van der Waals surface area contributed by atoms with Crippen LogP contribution in [-0.4, -0.2) is 29.9 Å².